The van der Waals surface area contributed by atoms with Gasteiger partial charge in [0.25, 0.3) is 0 Å². The predicted molar refractivity (Wildman–Crippen MR) is 33.0 cm³/mol. The average Bonchev–Trinajstić information content (AvgIpc) is 1.99. The first-order chi connectivity index (χ1) is 4.70. The van der Waals surface area contributed by atoms with Crippen molar-refractivity contribution in [1.82, 2.24) is 0 Å². The Morgan fingerprint density at radius 3 is 1.50 bits per heavy atom. The van der Waals surface area contributed by atoms with Crippen molar-refractivity contribution in [3.8, 4) is 0 Å². The van der Waals surface area contributed by atoms with Gasteiger partial charge in [0.2, 0.25) is 0 Å². The Kier molecular flexibility index (Phi) is 4.70. The summed E-state index contributed by atoms with van der Waals surface area (Å²) in [5.74, 6) is -1.74. The van der Waals surface area contributed by atoms with Gasteiger partial charge in [0.15, 0.2) is 0 Å². The molecule has 0 heterocycles. The summed E-state index contributed by atoms with van der Waals surface area (Å²) >= 11 is 9.19. The quantitative estimate of drug-likeness (QED) is 0.600. The smallest absolute Gasteiger partial charge is 0.344 e. The van der Waals surface area contributed by atoms with Crippen LogP contribution >= 0.6 is 23.7 Å². The Balaban J connectivity index is 3.75. The van der Waals surface area contributed by atoms with Crippen molar-refractivity contribution in [2.24, 2.45) is 0 Å². The van der Waals surface area contributed by atoms with E-state index in [-0.39, 0.29) is 0 Å². The van der Waals surface area contributed by atoms with E-state index in [0.29, 0.717) is 0 Å². The zero-order chi connectivity index (χ0) is 7.98. The number of hydrogen-bond donors (Lipinski definition) is 0. The predicted octanol–water partition coefficient (Wildman–Crippen LogP) is 0.937. The van der Waals surface area contributed by atoms with Gasteiger partial charge in [-0.05, 0) is 0 Å². The topological polar surface area (TPSA) is 52.6 Å². The molecule has 0 aliphatic carbocycles. The van der Waals surface area contributed by atoms with E-state index in [1.807, 2.05) is 0 Å². The summed E-state index contributed by atoms with van der Waals surface area (Å²) in [6.07, 6.45) is 1.55. The van der Waals surface area contributed by atoms with Crippen molar-refractivity contribution in [2.75, 3.05) is 0 Å². The lowest BCUT2D eigenvalue weighted by molar-refractivity contribution is -0.131. The van der Waals surface area contributed by atoms with E-state index < -0.39 is 11.9 Å². The maximum atomic E-state index is 10.1. The molecule has 0 atom stereocenters. The average molecular weight is 185 g/mol. The van der Waals surface area contributed by atoms with Crippen LogP contribution < -0.4 is 0 Å². The second-order valence-corrected chi connectivity index (χ2v) is 1.43. The number of hydrogen-bond acceptors (Lipinski definition) is 4. The van der Waals surface area contributed by atoms with Crippen LogP contribution in [0.5, 0.6) is 0 Å². The lowest BCUT2D eigenvalue weighted by Gasteiger charge is -1.84. The second-order valence-electron chi connectivity index (χ2n) is 1.13. The highest BCUT2D eigenvalue weighted by Gasteiger charge is 1.97. The fraction of sp³-hybridized carbons (Fsp3) is 0. The molecular formula is C4H2Cl2O4. The number of carbonyl (C=O) groups is 2. The molecule has 0 aliphatic rings. The molecule has 0 aromatic carbocycles. The molecular weight excluding hydrogens is 183 g/mol. The third kappa shape index (κ3) is 4.17. The zero-order valence-electron chi connectivity index (χ0n) is 4.54. The lowest BCUT2D eigenvalue weighted by Crippen LogP contribution is -1.94. The van der Waals surface area contributed by atoms with Crippen LogP contribution in [0.1, 0.15) is 0 Å². The van der Waals surface area contributed by atoms with Crippen LogP contribution in [0.2, 0.25) is 0 Å². The largest absolute Gasteiger partial charge is 0.349 e. The van der Waals surface area contributed by atoms with Crippen LogP contribution in [-0.4, -0.2) is 11.9 Å². The molecule has 0 rings (SSSR count). The van der Waals surface area contributed by atoms with E-state index in [4.69, 9.17) is 0 Å². The molecule has 0 saturated carbocycles. The van der Waals surface area contributed by atoms with Crippen molar-refractivity contribution in [3.05, 3.63) is 12.2 Å². The van der Waals surface area contributed by atoms with Crippen LogP contribution in [-0.2, 0) is 18.2 Å². The fourth-order valence-electron chi connectivity index (χ4n) is 0.188. The van der Waals surface area contributed by atoms with E-state index >= 15 is 0 Å². The Morgan fingerprint density at radius 2 is 1.30 bits per heavy atom. The van der Waals surface area contributed by atoms with Crippen molar-refractivity contribution in [3.63, 3.8) is 0 Å². The Hall–Kier alpha value is -0.740. The van der Waals surface area contributed by atoms with Crippen LogP contribution in [0.3, 0.4) is 0 Å². The van der Waals surface area contributed by atoms with Gasteiger partial charge in [0.1, 0.15) is 23.7 Å². The maximum absolute atomic E-state index is 10.1. The molecule has 10 heavy (non-hydrogen) atoms. The standard InChI is InChI=1S/C4H2Cl2O4/c5-9-3(7)1-2-4(8)10-6/h1-2H/b2-1+. The molecule has 0 amide bonds. The summed E-state index contributed by atoms with van der Waals surface area (Å²) < 4.78 is 7.28. The van der Waals surface area contributed by atoms with Crippen molar-refractivity contribution in [2.45, 2.75) is 0 Å². The summed E-state index contributed by atoms with van der Waals surface area (Å²) in [5.41, 5.74) is 0. The summed E-state index contributed by atoms with van der Waals surface area (Å²) in [6, 6.07) is 0. The molecule has 0 bridgehead atoms. The molecule has 0 N–H and O–H groups in total. The minimum Gasteiger partial charge on any atom is -0.344 e. The van der Waals surface area contributed by atoms with Crippen LogP contribution in [0.25, 0.3) is 0 Å². The number of rotatable bonds is 2. The molecule has 6 heteroatoms. The van der Waals surface area contributed by atoms with E-state index in [1.165, 1.54) is 0 Å². The minimum absolute atomic E-state index is 0.776. The van der Waals surface area contributed by atoms with Gasteiger partial charge in [-0.25, -0.2) is 9.59 Å². The molecule has 0 radical (unpaired) electrons. The van der Waals surface area contributed by atoms with Crippen LogP contribution in [0, 0.1) is 0 Å². The Bertz CT molecular complexity index is 147. The summed E-state index contributed by atoms with van der Waals surface area (Å²) in [4.78, 5) is 20.3. The molecule has 4 nitrogen and oxygen atoms in total. The summed E-state index contributed by atoms with van der Waals surface area (Å²) in [5, 5.41) is 0. The van der Waals surface area contributed by atoms with Crippen molar-refractivity contribution >= 4 is 35.7 Å². The Labute approximate surface area is 66.6 Å². The normalized spacial score (nSPS) is 9.40. The van der Waals surface area contributed by atoms with Gasteiger partial charge in [-0.1, -0.05) is 0 Å². The highest BCUT2D eigenvalue weighted by molar-refractivity contribution is 6.16. The molecule has 56 valence electrons. The minimum atomic E-state index is -0.872. The van der Waals surface area contributed by atoms with E-state index in [0.717, 1.165) is 12.2 Å². The molecule has 0 saturated heterocycles. The fourth-order valence-corrected chi connectivity index (χ4v) is 0.290. The van der Waals surface area contributed by atoms with Crippen LogP contribution in [0.4, 0.5) is 0 Å². The monoisotopic (exact) mass is 184 g/mol. The third-order valence-corrected chi connectivity index (χ3v) is 0.812. The van der Waals surface area contributed by atoms with Gasteiger partial charge in [0, 0.05) is 12.2 Å². The van der Waals surface area contributed by atoms with E-state index in [9.17, 15) is 9.59 Å². The van der Waals surface area contributed by atoms with Gasteiger partial charge in [-0.15, -0.1) is 0 Å². The van der Waals surface area contributed by atoms with Gasteiger partial charge in [-0.2, -0.15) is 0 Å². The van der Waals surface area contributed by atoms with Gasteiger partial charge in [-0.3, -0.25) is 0 Å². The molecule has 0 unspecified atom stereocenters. The van der Waals surface area contributed by atoms with Gasteiger partial charge < -0.3 is 8.58 Å². The molecule has 0 aromatic rings. The molecule has 0 fully saturated rings. The van der Waals surface area contributed by atoms with E-state index in [2.05, 4.69) is 32.3 Å². The molecule has 0 spiro atoms. The van der Waals surface area contributed by atoms with Crippen LogP contribution in [0.15, 0.2) is 12.2 Å². The number of carbonyl (C=O) groups excluding carboxylic acids is 2. The highest BCUT2D eigenvalue weighted by Crippen LogP contribution is 1.88. The first-order valence-electron chi connectivity index (χ1n) is 2.04. The first kappa shape index (κ1) is 9.26. The zero-order valence-corrected chi connectivity index (χ0v) is 6.06. The summed E-state index contributed by atoms with van der Waals surface area (Å²) in [7, 11) is 0. The second kappa shape index (κ2) is 5.08. The highest BCUT2D eigenvalue weighted by atomic mass is 35.5. The van der Waals surface area contributed by atoms with Crippen molar-refractivity contribution < 1.29 is 18.2 Å². The van der Waals surface area contributed by atoms with Gasteiger partial charge >= 0.3 is 11.9 Å². The number of halogens is 2. The van der Waals surface area contributed by atoms with Crippen molar-refractivity contribution in [1.29, 1.82) is 0 Å². The first-order valence-corrected chi connectivity index (χ1v) is 2.65. The van der Waals surface area contributed by atoms with Gasteiger partial charge in [0.05, 0.1) is 0 Å². The Morgan fingerprint density at radius 1 is 1.00 bits per heavy atom. The SMILES string of the molecule is O=C(/C=C/C(=O)OCl)OCl. The maximum Gasteiger partial charge on any atom is 0.349 e. The molecule has 0 aliphatic heterocycles. The summed E-state index contributed by atoms with van der Waals surface area (Å²) in [6.45, 7) is 0. The molecule has 0 aromatic heterocycles. The van der Waals surface area contributed by atoms with E-state index in [1.54, 1.807) is 0 Å². The lowest BCUT2D eigenvalue weighted by atomic mass is 10.5. The third-order valence-electron chi connectivity index (χ3n) is 0.508.